The minimum atomic E-state index is -1.22. The summed E-state index contributed by atoms with van der Waals surface area (Å²) in [5.74, 6) is -2.18. The minimum Gasteiger partial charge on any atom is -0.478 e. The largest absolute Gasteiger partial charge is 0.478 e. The Balaban J connectivity index is 4.07. The Hall–Kier alpha value is -1.85. The van der Waals surface area contributed by atoms with Crippen molar-refractivity contribution in [2.45, 2.75) is 13.0 Å². The molecule has 2 amide bonds. The van der Waals surface area contributed by atoms with E-state index in [4.69, 9.17) is 5.11 Å². The van der Waals surface area contributed by atoms with Crippen LogP contribution in [0.4, 0.5) is 0 Å². The first-order valence-electron chi connectivity index (χ1n) is 3.90. The molecule has 0 heterocycles. The van der Waals surface area contributed by atoms with E-state index in [9.17, 15) is 14.4 Å². The molecule has 14 heavy (non-hydrogen) atoms. The Morgan fingerprint density at radius 2 is 1.86 bits per heavy atom. The van der Waals surface area contributed by atoms with Gasteiger partial charge in [0.1, 0.15) is 6.04 Å². The second-order valence-corrected chi connectivity index (χ2v) is 2.52. The summed E-state index contributed by atoms with van der Waals surface area (Å²) in [6, 6.07) is -0.689. The van der Waals surface area contributed by atoms with Gasteiger partial charge in [-0.3, -0.25) is 9.59 Å². The lowest BCUT2D eigenvalue weighted by Crippen LogP contribution is -2.43. The molecule has 0 aliphatic carbocycles. The van der Waals surface area contributed by atoms with Crippen molar-refractivity contribution in [3.8, 4) is 0 Å². The third-order valence-electron chi connectivity index (χ3n) is 1.38. The zero-order chi connectivity index (χ0) is 11.1. The topological polar surface area (TPSA) is 95.5 Å². The standard InChI is InChI=1S/C8H12N2O4/c1-5(8(14)9-2)10-6(11)3-4-7(12)13/h3-5H,1-2H3,(H,9,14)(H,10,11)(H,12,13)/b4-3+. The number of carboxylic acids is 1. The molecule has 0 aromatic heterocycles. The minimum absolute atomic E-state index is 0.345. The lowest BCUT2D eigenvalue weighted by Gasteiger charge is -2.09. The van der Waals surface area contributed by atoms with Crippen LogP contribution in [0, 0.1) is 0 Å². The fourth-order valence-corrected chi connectivity index (χ4v) is 0.691. The van der Waals surface area contributed by atoms with E-state index < -0.39 is 17.9 Å². The predicted molar refractivity (Wildman–Crippen MR) is 48.4 cm³/mol. The maximum Gasteiger partial charge on any atom is 0.328 e. The third kappa shape index (κ3) is 4.91. The summed E-state index contributed by atoms with van der Waals surface area (Å²) < 4.78 is 0. The molecule has 0 rings (SSSR count). The van der Waals surface area contributed by atoms with Gasteiger partial charge < -0.3 is 15.7 Å². The van der Waals surface area contributed by atoms with Crippen molar-refractivity contribution in [3.63, 3.8) is 0 Å². The first-order chi connectivity index (χ1) is 6.47. The van der Waals surface area contributed by atoms with E-state index in [-0.39, 0.29) is 5.91 Å². The smallest absolute Gasteiger partial charge is 0.328 e. The van der Waals surface area contributed by atoms with Gasteiger partial charge in [0.15, 0.2) is 0 Å². The third-order valence-corrected chi connectivity index (χ3v) is 1.38. The van der Waals surface area contributed by atoms with Gasteiger partial charge in [-0.15, -0.1) is 0 Å². The molecule has 0 aliphatic rings. The van der Waals surface area contributed by atoms with Crippen molar-refractivity contribution in [1.82, 2.24) is 10.6 Å². The van der Waals surface area contributed by atoms with Crippen LogP contribution in [0.3, 0.4) is 0 Å². The van der Waals surface area contributed by atoms with Crippen LogP contribution in [0.2, 0.25) is 0 Å². The summed E-state index contributed by atoms with van der Waals surface area (Å²) in [4.78, 5) is 31.9. The molecule has 0 radical (unpaired) electrons. The van der Waals surface area contributed by atoms with Gasteiger partial charge in [-0.05, 0) is 6.92 Å². The number of hydrogen-bond donors (Lipinski definition) is 3. The number of likely N-dealkylation sites (N-methyl/N-ethyl adjacent to an activating group) is 1. The molecule has 0 saturated carbocycles. The van der Waals surface area contributed by atoms with E-state index in [1.165, 1.54) is 14.0 Å². The molecule has 6 heteroatoms. The highest BCUT2D eigenvalue weighted by molar-refractivity contribution is 5.96. The monoisotopic (exact) mass is 200 g/mol. The van der Waals surface area contributed by atoms with Gasteiger partial charge in [-0.1, -0.05) is 0 Å². The fraction of sp³-hybridized carbons (Fsp3) is 0.375. The van der Waals surface area contributed by atoms with E-state index in [0.29, 0.717) is 6.08 Å². The molecular weight excluding hydrogens is 188 g/mol. The van der Waals surface area contributed by atoms with Gasteiger partial charge in [-0.25, -0.2) is 4.79 Å². The van der Waals surface area contributed by atoms with Crippen LogP contribution in [0.25, 0.3) is 0 Å². The summed E-state index contributed by atoms with van der Waals surface area (Å²) in [5, 5.41) is 12.8. The summed E-state index contributed by atoms with van der Waals surface area (Å²) in [7, 11) is 1.44. The molecule has 0 aromatic carbocycles. The molecule has 0 aromatic rings. The quantitative estimate of drug-likeness (QED) is 0.501. The number of carbonyl (C=O) groups is 3. The molecule has 0 fully saturated rings. The highest BCUT2D eigenvalue weighted by Gasteiger charge is 2.11. The van der Waals surface area contributed by atoms with Gasteiger partial charge in [-0.2, -0.15) is 0 Å². The van der Waals surface area contributed by atoms with Crippen molar-refractivity contribution < 1.29 is 19.5 Å². The molecule has 6 nitrogen and oxygen atoms in total. The second-order valence-electron chi connectivity index (χ2n) is 2.52. The van der Waals surface area contributed by atoms with Crippen LogP contribution in [-0.4, -0.2) is 36.0 Å². The van der Waals surface area contributed by atoms with Crippen molar-refractivity contribution in [3.05, 3.63) is 12.2 Å². The van der Waals surface area contributed by atoms with Crippen LogP contribution in [0.5, 0.6) is 0 Å². The fourth-order valence-electron chi connectivity index (χ4n) is 0.691. The van der Waals surface area contributed by atoms with Crippen LogP contribution in [-0.2, 0) is 14.4 Å². The van der Waals surface area contributed by atoms with Crippen LogP contribution >= 0.6 is 0 Å². The number of rotatable bonds is 4. The Labute approximate surface area is 81.0 Å². The Kier molecular flexibility index (Phi) is 4.98. The second kappa shape index (κ2) is 5.74. The van der Waals surface area contributed by atoms with Gasteiger partial charge in [0.25, 0.3) is 0 Å². The van der Waals surface area contributed by atoms with Crippen LogP contribution < -0.4 is 10.6 Å². The van der Waals surface area contributed by atoms with Gasteiger partial charge >= 0.3 is 5.97 Å². The molecule has 0 aliphatic heterocycles. The van der Waals surface area contributed by atoms with Gasteiger partial charge in [0.05, 0.1) is 0 Å². The summed E-state index contributed by atoms with van der Waals surface area (Å²) in [6.07, 6.45) is 1.55. The highest BCUT2D eigenvalue weighted by Crippen LogP contribution is 1.82. The van der Waals surface area contributed by atoms with Crippen molar-refractivity contribution in [2.75, 3.05) is 7.05 Å². The van der Waals surface area contributed by atoms with Crippen molar-refractivity contribution in [2.24, 2.45) is 0 Å². The number of carboxylic acid groups (broad SMARTS) is 1. The van der Waals surface area contributed by atoms with E-state index in [1.54, 1.807) is 0 Å². The molecule has 0 saturated heterocycles. The zero-order valence-corrected chi connectivity index (χ0v) is 7.90. The molecule has 0 bridgehead atoms. The first-order valence-corrected chi connectivity index (χ1v) is 3.90. The molecule has 78 valence electrons. The van der Waals surface area contributed by atoms with Gasteiger partial charge in [0.2, 0.25) is 11.8 Å². The molecule has 3 N–H and O–H groups in total. The average molecular weight is 200 g/mol. The van der Waals surface area contributed by atoms with E-state index in [1.807, 2.05) is 0 Å². The lowest BCUT2D eigenvalue weighted by atomic mass is 10.3. The van der Waals surface area contributed by atoms with Crippen LogP contribution in [0.1, 0.15) is 6.92 Å². The number of hydrogen-bond acceptors (Lipinski definition) is 3. The molecule has 0 spiro atoms. The number of carbonyl (C=O) groups excluding carboxylic acids is 2. The number of amides is 2. The first kappa shape index (κ1) is 12.2. The maximum absolute atomic E-state index is 10.9. The molecule has 1 unspecified atom stereocenters. The van der Waals surface area contributed by atoms with E-state index in [2.05, 4.69) is 10.6 Å². The maximum atomic E-state index is 10.9. The Morgan fingerprint density at radius 3 is 2.29 bits per heavy atom. The predicted octanol–water partition coefficient (Wildman–Crippen LogP) is -1.12. The molecular formula is C8H12N2O4. The van der Waals surface area contributed by atoms with Crippen molar-refractivity contribution in [1.29, 1.82) is 0 Å². The summed E-state index contributed by atoms with van der Waals surface area (Å²) in [6.45, 7) is 1.49. The number of nitrogens with one attached hydrogen (secondary N) is 2. The Morgan fingerprint density at radius 1 is 1.29 bits per heavy atom. The SMILES string of the molecule is CNC(=O)C(C)NC(=O)/C=C/C(=O)O. The Bertz CT molecular complexity index is 273. The average Bonchev–Trinajstić information content (AvgIpc) is 2.13. The molecule has 1 atom stereocenters. The summed E-state index contributed by atoms with van der Waals surface area (Å²) >= 11 is 0. The van der Waals surface area contributed by atoms with E-state index in [0.717, 1.165) is 6.08 Å². The van der Waals surface area contributed by atoms with Gasteiger partial charge in [0, 0.05) is 19.2 Å². The lowest BCUT2D eigenvalue weighted by molar-refractivity contribution is -0.131. The van der Waals surface area contributed by atoms with Crippen LogP contribution in [0.15, 0.2) is 12.2 Å². The normalized spacial score (nSPS) is 12.1. The highest BCUT2D eigenvalue weighted by atomic mass is 16.4. The summed E-state index contributed by atoms with van der Waals surface area (Å²) in [5.41, 5.74) is 0. The zero-order valence-electron chi connectivity index (χ0n) is 7.90. The van der Waals surface area contributed by atoms with Crippen molar-refractivity contribution >= 4 is 17.8 Å². The van der Waals surface area contributed by atoms with E-state index >= 15 is 0 Å². The number of aliphatic carboxylic acids is 1.